The number of ether oxygens (including phenoxy) is 5. The molecule has 3 heterocycles. The van der Waals surface area contributed by atoms with Gasteiger partial charge in [0.05, 0.1) is 39.1 Å². The number of benzene rings is 4. The number of carbonyl (C=O) groups is 3. The SMILES string of the molecule is COc1ccc(C(OC[C@H]2O[C@@H](n3cnc4c(=O)[nH]c(NC(=O)COc5ccccc5)nc43)[C@H](OCC(=O)NCCNC(=O)C(F)(F)F)[C@@H]2OP(=O)(OCCC#N)N(C(C)C)C(C)C)(c2ccccc2)c2ccccc2)cc1. The highest BCUT2D eigenvalue weighted by molar-refractivity contribution is 7.51. The minimum absolute atomic E-state index is 0.164. The van der Waals surface area contributed by atoms with Crippen molar-refractivity contribution >= 4 is 42.6 Å². The van der Waals surface area contributed by atoms with Gasteiger partial charge in [0.1, 0.15) is 42.0 Å². The maximum Gasteiger partial charge on any atom is 0.471 e. The topological polar surface area (TPSA) is 260 Å². The van der Waals surface area contributed by atoms with E-state index in [1.807, 2.05) is 78.9 Å². The van der Waals surface area contributed by atoms with Gasteiger partial charge in [0, 0.05) is 25.2 Å². The zero-order valence-electron chi connectivity index (χ0n) is 43.2. The summed E-state index contributed by atoms with van der Waals surface area (Å²) in [5, 5.41) is 16.2. The number of anilines is 1. The van der Waals surface area contributed by atoms with Crippen molar-refractivity contribution in [1.82, 2.24) is 34.8 Å². The van der Waals surface area contributed by atoms with Crippen LogP contribution in [0.5, 0.6) is 11.5 Å². The van der Waals surface area contributed by atoms with E-state index in [0.29, 0.717) is 28.2 Å². The number of rotatable bonds is 26. The smallest absolute Gasteiger partial charge is 0.471 e. The fraction of sp³-hybridized carbons (Fsp3) is 0.377. The molecule has 5 atom stereocenters. The summed E-state index contributed by atoms with van der Waals surface area (Å²) in [6.45, 7) is 3.97. The van der Waals surface area contributed by atoms with Crippen LogP contribution in [0.3, 0.4) is 0 Å². The summed E-state index contributed by atoms with van der Waals surface area (Å²) in [4.78, 5) is 63.3. The molecule has 2 aromatic heterocycles. The molecule has 414 valence electrons. The van der Waals surface area contributed by atoms with Gasteiger partial charge in [-0.1, -0.05) is 91.0 Å². The first-order valence-electron chi connectivity index (χ1n) is 24.7. The third-order valence-corrected chi connectivity index (χ3v) is 14.7. The Labute approximate surface area is 446 Å². The third-order valence-electron chi connectivity index (χ3n) is 12.1. The molecule has 0 radical (unpaired) electrons. The van der Waals surface area contributed by atoms with E-state index in [2.05, 4.69) is 25.6 Å². The van der Waals surface area contributed by atoms with E-state index in [1.54, 1.807) is 75.5 Å². The molecule has 1 aliphatic heterocycles. The highest BCUT2D eigenvalue weighted by atomic mass is 31.2. The van der Waals surface area contributed by atoms with E-state index in [9.17, 15) is 37.6 Å². The summed E-state index contributed by atoms with van der Waals surface area (Å²) in [5.74, 6) is -3.11. The van der Waals surface area contributed by atoms with Crippen LogP contribution in [-0.2, 0) is 47.8 Å². The molecule has 4 N–H and O–H groups in total. The number of hydrogen-bond donors (Lipinski definition) is 4. The van der Waals surface area contributed by atoms with E-state index < -0.39 is 112 Å². The van der Waals surface area contributed by atoms with Gasteiger partial charge in [0.2, 0.25) is 11.9 Å². The van der Waals surface area contributed by atoms with Gasteiger partial charge in [-0.15, -0.1) is 0 Å². The third kappa shape index (κ3) is 14.0. The lowest BCUT2D eigenvalue weighted by atomic mass is 9.80. The Balaban J connectivity index is 1.35. The van der Waals surface area contributed by atoms with E-state index in [1.165, 1.54) is 22.7 Å². The second kappa shape index (κ2) is 26.2. The molecule has 25 heteroatoms. The van der Waals surface area contributed by atoms with E-state index in [4.69, 9.17) is 32.7 Å². The van der Waals surface area contributed by atoms with Gasteiger partial charge in [-0.05, 0) is 68.7 Å². The average Bonchev–Trinajstić information content (AvgIpc) is 4.19. The number of halogens is 3. The van der Waals surface area contributed by atoms with Crippen LogP contribution in [0.15, 0.2) is 126 Å². The van der Waals surface area contributed by atoms with Crippen molar-refractivity contribution in [3.8, 4) is 17.6 Å². The van der Waals surface area contributed by atoms with Gasteiger partial charge in [-0.3, -0.25) is 43.1 Å². The number of hydrogen-bond acceptors (Lipinski definition) is 15. The number of aromatic nitrogens is 4. The summed E-state index contributed by atoms with van der Waals surface area (Å²) >= 11 is 0. The minimum atomic E-state index is -5.16. The standard InChI is InChI=1S/C53H59F3N9O12P/c1-34(2)65(35(3)4)78(70,75-29-15-26-57)77-45-41(30-74-52(36-16-9-6-10-17-36,37-18-11-7-12-19-37)38-22-24-39(71-5)25-23-38)76-49(46(45)73-31-42(66)58-27-28-59-50(69)53(54,55)56)64-33-60-44-47(64)62-51(63-48(44)68)61-43(67)32-72-40-20-13-8-14-21-40/h6-14,16-25,33-35,41,45-46,49H,15,27-32H2,1-5H3,(H,58,66)(H,59,69)(H2,61,62,63,67,68)/t41-,45-,46-,49-,78?/m1/s1. The van der Waals surface area contributed by atoms with Crippen LogP contribution < -0.4 is 31.0 Å². The zero-order chi connectivity index (χ0) is 56.0. The molecule has 1 aliphatic rings. The van der Waals surface area contributed by atoms with Crippen LogP contribution in [0, 0.1) is 11.3 Å². The summed E-state index contributed by atoms with van der Waals surface area (Å²) in [6.07, 6.45) is -10.1. The fourth-order valence-corrected chi connectivity index (χ4v) is 11.2. The monoisotopic (exact) mass is 1100 g/mol. The number of nitriles is 1. The second-order valence-electron chi connectivity index (χ2n) is 18.1. The fourth-order valence-electron chi connectivity index (χ4n) is 8.88. The van der Waals surface area contributed by atoms with E-state index >= 15 is 4.57 Å². The first-order valence-corrected chi connectivity index (χ1v) is 26.2. The Bertz CT molecular complexity index is 3060. The zero-order valence-corrected chi connectivity index (χ0v) is 44.1. The molecule has 1 saturated heterocycles. The molecule has 1 unspecified atom stereocenters. The van der Waals surface area contributed by atoms with Crippen LogP contribution in [0.25, 0.3) is 11.2 Å². The normalized spacial score (nSPS) is 17.4. The lowest BCUT2D eigenvalue weighted by Crippen LogP contribution is -2.45. The number of nitrogens with one attached hydrogen (secondary N) is 4. The Morgan fingerprint density at radius 1 is 0.833 bits per heavy atom. The van der Waals surface area contributed by atoms with E-state index in [0.717, 1.165) is 0 Å². The van der Waals surface area contributed by atoms with Crippen molar-refractivity contribution in [2.45, 2.75) is 82.5 Å². The van der Waals surface area contributed by atoms with Gasteiger partial charge in [0.25, 0.3) is 11.5 Å². The molecule has 0 saturated carbocycles. The number of carbonyl (C=O) groups excluding carboxylic acids is 3. The van der Waals surface area contributed by atoms with Crippen LogP contribution in [-0.4, -0.2) is 125 Å². The van der Waals surface area contributed by atoms with Crippen molar-refractivity contribution < 1.29 is 64.9 Å². The highest BCUT2D eigenvalue weighted by Gasteiger charge is 2.54. The number of amides is 3. The summed E-state index contributed by atoms with van der Waals surface area (Å²) in [5.41, 5.74) is -0.610. The summed E-state index contributed by atoms with van der Waals surface area (Å²) in [7, 11) is -3.04. The lowest BCUT2D eigenvalue weighted by molar-refractivity contribution is -0.173. The van der Waals surface area contributed by atoms with Crippen molar-refractivity contribution in [2.24, 2.45) is 0 Å². The highest BCUT2D eigenvalue weighted by Crippen LogP contribution is 2.58. The molecule has 21 nitrogen and oxygen atoms in total. The van der Waals surface area contributed by atoms with Gasteiger partial charge in [0.15, 0.2) is 24.0 Å². The molecule has 7 rings (SSSR count). The first-order chi connectivity index (χ1) is 37.4. The van der Waals surface area contributed by atoms with Gasteiger partial charge < -0.3 is 34.3 Å². The molecule has 0 spiro atoms. The molecule has 1 fully saturated rings. The van der Waals surface area contributed by atoms with E-state index in [-0.39, 0.29) is 30.1 Å². The predicted octanol–water partition coefficient (Wildman–Crippen LogP) is 6.77. The Kier molecular flexibility index (Phi) is 19.6. The summed E-state index contributed by atoms with van der Waals surface area (Å²) in [6, 6.07) is 35.4. The Morgan fingerprint density at radius 3 is 2.03 bits per heavy atom. The van der Waals surface area contributed by atoms with Gasteiger partial charge in [-0.2, -0.15) is 23.4 Å². The number of nitrogens with zero attached hydrogens (tertiary/aromatic N) is 5. The first kappa shape index (κ1) is 58.2. The molecule has 6 aromatic rings. The van der Waals surface area contributed by atoms with Crippen molar-refractivity contribution in [3.63, 3.8) is 0 Å². The van der Waals surface area contributed by atoms with Gasteiger partial charge in [-0.25, -0.2) is 14.2 Å². The molecule has 78 heavy (non-hydrogen) atoms. The molecule has 3 amide bonds. The van der Waals surface area contributed by atoms with Crippen molar-refractivity contribution in [2.75, 3.05) is 51.9 Å². The van der Waals surface area contributed by atoms with Crippen LogP contribution in [0.2, 0.25) is 0 Å². The number of para-hydroxylation sites is 1. The molecular formula is C53H59F3N9O12P. The number of alkyl halides is 3. The van der Waals surface area contributed by atoms with Crippen LogP contribution >= 0.6 is 7.75 Å². The summed E-state index contributed by atoms with van der Waals surface area (Å²) < 4.78 is 102. The number of imidazole rings is 1. The quantitative estimate of drug-likeness (QED) is 0.0248. The number of methoxy groups -OCH3 is 1. The number of H-pyrrole nitrogens is 1. The average molecular weight is 1100 g/mol. The van der Waals surface area contributed by atoms with Crippen LogP contribution in [0.1, 0.15) is 57.0 Å². The molecule has 4 aromatic carbocycles. The molecular weight excluding hydrogens is 1040 g/mol. The Morgan fingerprint density at radius 2 is 1.44 bits per heavy atom. The number of fused-ring (bicyclic) bond motifs is 1. The Hall–Kier alpha value is -7.49. The van der Waals surface area contributed by atoms with Crippen molar-refractivity contribution in [3.05, 3.63) is 149 Å². The largest absolute Gasteiger partial charge is 0.497 e. The second-order valence-corrected chi connectivity index (χ2v) is 20.0. The van der Waals surface area contributed by atoms with Crippen LogP contribution in [0.4, 0.5) is 19.1 Å². The molecule has 0 aliphatic carbocycles. The predicted molar refractivity (Wildman–Crippen MR) is 277 cm³/mol. The molecule has 0 bridgehead atoms. The maximum atomic E-state index is 15.7. The van der Waals surface area contributed by atoms with Gasteiger partial charge >= 0.3 is 19.8 Å². The van der Waals surface area contributed by atoms with Crippen molar-refractivity contribution in [1.29, 1.82) is 5.26 Å². The minimum Gasteiger partial charge on any atom is -0.497 e. The lowest BCUT2D eigenvalue weighted by Gasteiger charge is -2.39. The maximum absolute atomic E-state index is 15.7. The number of aromatic amines is 1.